The summed E-state index contributed by atoms with van der Waals surface area (Å²) in [5.41, 5.74) is 2.82. The van der Waals surface area contributed by atoms with Crippen LogP contribution in [0, 0.1) is 5.41 Å². The van der Waals surface area contributed by atoms with E-state index in [2.05, 4.69) is 24.5 Å². The van der Waals surface area contributed by atoms with Crippen LogP contribution in [0.15, 0.2) is 42.5 Å². The average molecular weight is 396 g/mol. The van der Waals surface area contributed by atoms with Gasteiger partial charge in [-0.25, -0.2) is 9.59 Å². The summed E-state index contributed by atoms with van der Waals surface area (Å²) in [5.74, 6) is -0.505. The van der Waals surface area contributed by atoms with Crippen LogP contribution in [0.2, 0.25) is 0 Å². The van der Waals surface area contributed by atoms with Gasteiger partial charge in [0, 0.05) is 11.4 Å². The Bertz CT molecular complexity index is 981. The number of carboxylic acids is 1. The molecule has 0 radical (unpaired) electrons. The van der Waals surface area contributed by atoms with E-state index < -0.39 is 17.7 Å². The van der Waals surface area contributed by atoms with Crippen LogP contribution in [0.3, 0.4) is 0 Å². The van der Waals surface area contributed by atoms with Crippen LogP contribution in [-0.2, 0) is 11.2 Å². The van der Waals surface area contributed by atoms with Crippen molar-refractivity contribution in [3.05, 3.63) is 53.6 Å². The van der Waals surface area contributed by atoms with Crippen molar-refractivity contribution in [2.75, 3.05) is 10.6 Å². The van der Waals surface area contributed by atoms with Crippen LogP contribution in [0.5, 0.6) is 5.75 Å². The predicted molar refractivity (Wildman–Crippen MR) is 109 cm³/mol. The molecule has 0 bridgehead atoms. The summed E-state index contributed by atoms with van der Waals surface area (Å²) in [5, 5.41) is 25.0. The first-order valence-electron chi connectivity index (χ1n) is 9.60. The molecule has 0 amide bonds. The van der Waals surface area contributed by atoms with E-state index in [0.29, 0.717) is 18.6 Å². The second-order valence-corrected chi connectivity index (χ2v) is 8.57. The van der Waals surface area contributed by atoms with Gasteiger partial charge in [-0.15, -0.1) is 0 Å². The number of carbonyl (C=O) groups is 2. The minimum Gasteiger partial charge on any atom is -0.480 e. The monoisotopic (exact) mass is 396 g/mol. The molecule has 1 fully saturated rings. The average Bonchev–Trinajstić information content (AvgIpc) is 3.41. The standard InChI is InChI=1S/C22H24N2O5/c1-21(2)12-14-11-16(29-20(27)28)6-7-17(14)23-18(21)13-4-3-5-15(10-13)24-22(8-9-22)19(25)26/h3-7,10-11,18,23-24H,8-9,12H2,1-2H3,(H,25,26)(H,27,28). The second kappa shape index (κ2) is 6.69. The molecular weight excluding hydrogens is 372 g/mol. The van der Waals surface area contributed by atoms with E-state index in [-0.39, 0.29) is 11.5 Å². The Morgan fingerprint density at radius 3 is 2.55 bits per heavy atom. The van der Waals surface area contributed by atoms with E-state index in [9.17, 15) is 14.7 Å². The van der Waals surface area contributed by atoms with Crippen LogP contribution < -0.4 is 15.4 Å². The van der Waals surface area contributed by atoms with Gasteiger partial charge in [0.25, 0.3) is 0 Å². The predicted octanol–water partition coefficient (Wildman–Crippen LogP) is 4.51. The summed E-state index contributed by atoms with van der Waals surface area (Å²) in [6.07, 6.45) is 0.680. The second-order valence-electron chi connectivity index (χ2n) is 8.57. The number of aliphatic carboxylic acids is 1. The topological polar surface area (TPSA) is 108 Å². The lowest BCUT2D eigenvalue weighted by Gasteiger charge is -2.41. The molecule has 2 aromatic rings. The van der Waals surface area contributed by atoms with Crippen molar-refractivity contribution in [3.63, 3.8) is 0 Å². The normalized spacial score (nSPS) is 20.7. The number of ether oxygens (including phenoxy) is 1. The number of benzene rings is 2. The third kappa shape index (κ3) is 3.72. The van der Waals surface area contributed by atoms with Crippen molar-refractivity contribution < 1.29 is 24.5 Å². The molecule has 29 heavy (non-hydrogen) atoms. The van der Waals surface area contributed by atoms with Crippen LogP contribution in [0.25, 0.3) is 0 Å². The van der Waals surface area contributed by atoms with Crippen molar-refractivity contribution in [2.24, 2.45) is 5.41 Å². The fraction of sp³-hybridized carbons (Fsp3) is 0.364. The molecular formula is C22H24N2O5. The number of fused-ring (bicyclic) bond motifs is 1. The first-order valence-corrected chi connectivity index (χ1v) is 9.60. The smallest absolute Gasteiger partial charge is 0.480 e. The van der Waals surface area contributed by atoms with E-state index in [4.69, 9.17) is 9.84 Å². The molecule has 4 rings (SSSR count). The fourth-order valence-corrected chi connectivity index (χ4v) is 4.09. The third-order valence-electron chi connectivity index (χ3n) is 5.77. The van der Waals surface area contributed by atoms with Gasteiger partial charge in [0.05, 0.1) is 6.04 Å². The van der Waals surface area contributed by atoms with Gasteiger partial charge in [-0.05, 0) is 66.1 Å². The van der Waals surface area contributed by atoms with Gasteiger partial charge in [0.15, 0.2) is 0 Å². The van der Waals surface area contributed by atoms with Crippen molar-refractivity contribution >= 4 is 23.5 Å². The van der Waals surface area contributed by atoms with Gasteiger partial charge < -0.3 is 25.6 Å². The largest absolute Gasteiger partial charge is 0.511 e. The lowest BCUT2D eigenvalue weighted by molar-refractivity contribution is -0.138. The summed E-state index contributed by atoms with van der Waals surface area (Å²) in [6, 6.07) is 13.1. The quantitative estimate of drug-likeness (QED) is 0.435. The Balaban J connectivity index is 1.60. The van der Waals surface area contributed by atoms with Gasteiger partial charge in [-0.2, -0.15) is 0 Å². The molecule has 2 aliphatic rings. The highest BCUT2D eigenvalue weighted by Gasteiger charge is 2.50. The Kier molecular flexibility index (Phi) is 4.41. The van der Waals surface area contributed by atoms with E-state index in [1.807, 2.05) is 30.3 Å². The maximum absolute atomic E-state index is 11.5. The SMILES string of the molecule is CC1(C)Cc2cc(OC(=O)O)ccc2NC1c1cccc(NC2(C(=O)O)CC2)c1. The number of anilines is 2. The lowest BCUT2D eigenvalue weighted by atomic mass is 9.73. The van der Waals surface area contributed by atoms with Gasteiger partial charge >= 0.3 is 12.1 Å². The minimum atomic E-state index is -1.33. The highest BCUT2D eigenvalue weighted by Crippen LogP contribution is 2.46. The van der Waals surface area contributed by atoms with Crippen LogP contribution >= 0.6 is 0 Å². The van der Waals surface area contributed by atoms with Crippen molar-refractivity contribution in [3.8, 4) is 5.75 Å². The number of nitrogens with one attached hydrogen (secondary N) is 2. The molecule has 0 aromatic heterocycles. The van der Waals surface area contributed by atoms with Crippen molar-refractivity contribution in [1.82, 2.24) is 0 Å². The molecule has 1 atom stereocenters. The van der Waals surface area contributed by atoms with Crippen molar-refractivity contribution in [1.29, 1.82) is 0 Å². The number of rotatable bonds is 5. The number of carboxylic acid groups (broad SMARTS) is 2. The summed E-state index contributed by atoms with van der Waals surface area (Å²) in [4.78, 5) is 22.3. The summed E-state index contributed by atoms with van der Waals surface area (Å²) in [7, 11) is 0. The van der Waals surface area contributed by atoms with Gasteiger partial charge in [0.1, 0.15) is 11.3 Å². The highest BCUT2D eigenvalue weighted by molar-refractivity contribution is 5.86. The van der Waals surface area contributed by atoms with Crippen LogP contribution in [0.1, 0.15) is 43.9 Å². The maximum Gasteiger partial charge on any atom is 0.511 e. The molecule has 1 saturated carbocycles. The molecule has 1 unspecified atom stereocenters. The minimum absolute atomic E-state index is 0.0166. The van der Waals surface area contributed by atoms with Crippen molar-refractivity contribution in [2.45, 2.75) is 44.7 Å². The van der Waals surface area contributed by atoms with Crippen LogP contribution in [-0.4, -0.2) is 27.9 Å². The molecule has 0 spiro atoms. The summed E-state index contributed by atoms with van der Waals surface area (Å²) >= 11 is 0. The molecule has 7 nitrogen and oxygen atoms in total. The number of hydrogen-bond donors (Lipinski definition) is 4. The Hall–Kier alpha value is -3.22. The molecule has 1 aliphatic heterocycles. The Labute approximate surface area is 168 Å². The number of hydrogen-bond acceptors (Lipinski definition) is 5. The Morgan fingerprint density at radius 2 is 1.90 bits per heavy atom. The van der Waals surface area contributed by atoms with Gasteiger partial charge in [-0.3, -0.25) is 0 Å². The molecule has 1 aliphatic carbocycles. The first kappa shape index (κ1) is 19.1. The molecule has 7 heteroatoms. The third-order valence-corrected chi connectivity index (χ3v) is 5.77. The van der Waals surface area contributed by atoms with Gasteiger partial charge in [0.2, 0.25) is 0 Å². The zero-order valence-corrected chi connectivity index (χ0v) is 16.4. The van der Waals surface area contributed by atoms with E-state index in [1.54, 1.807) is 12.1 Å². The summed E-state index contributed by atoms with van der Waals surface area (Å²) < 4.78 is 4.78. The first-order chi connectivity index (χ1) is 13.7. The van der Waals surface area contributed by atoms with Crippen LogP contribution in [0.4, 0.5) is 16.2 Å². The fourth-order valence-electron chi connectivity index (χ4n) is 4.09. The van der Waals surface area contributed by atoms with Gasteiger partial charge in [-0.1, -0.05) is 26.0 Å². The molecule has 152 valence electrons. The zero-order valence-electron chi connectivity index (χ0n) is 16.4. The highest BCUT2D eigenvalue weighted by atomic mass is 16.7. The Morgan fingerprint density at radius 1 is 1.14 bits per heavy atom. The molecule has 2 aromatic carbocycles. The van der Waals surface area contributed by atoms with E-state index in [0.717, 1.165) is 28.9 Å². The maximum atomic E-state index is 11.5. The van der Waals surface area contributed by atoms with E-state index >= 15 is 0 Å². The zero-order chi connectivity index (χ0) is 20.8. The lowest BCUT2D eigenvalue weighted by Crippen LogP contribution is -2.35. The molecule has 0 saturated heterocycles. The molecule has 4 N–H and O–H groups in total. The molecule has 1 heterocycles. The summed E-state index contributed by atoms with van der Waals surface area (Å²) in [6.45, 7) is 4.30. The van der Waals surface area contributed by atoms with E-state index in [1.165, 1.54) is 0 Å².